The Morgan fingerprint density at radius 1 is 1.18 bits per heavy atom. The zero-order valence-corrected chi connectivity index (χ0v) is 13.5. The molecular formula is C17H23NO4. The van der Waals surface area contributed by atoms with Crippen LogP contribution in [0.25, 0.3) is 0 Å². The van der Waals surface area contributed by atoms with Crippen LogP contribution in [0.15, 0.2) is 24.3 Å². The molecule has 1 unspecified atom stereocenters. The predicted molar refractivity (Wildman–Crippen MR) is 85.1 cm³/mol. The second-order valence-electron chi connectivity index (χ2n) is 5.95. The molecule has 1 aromatic carbocycles. The number of rotatable bonds is 7. The number of carboxylic acid groups (broad SMARTS) is 1. The molecule has 0 aliphatic heterocycles. The maximum absolute atomic E-state index is 12.4. The van der Waals surface area contributed by atoms with Crippen LogP contribution in [-0.4, -0.2) is 29.3 Å². The highest BCUT2D eigenvalue weighted by atomic mass is 16.4. The van der Waals surface area contributed by atoms with Gasteiger partial charge >= 0.3 is 5.97 Å². The fraction of sp³-hybridized carbons (Fsp3) is 0.471. The van der Waals surface area contributed by atoms with Gasteiger partial charge in [-0.2, -0.15) is 0 Å². The molecule has 0 heterocycles. The first-order valence-electron chi connectivity index (χ1n) is 7.36. The monoisotopic (exact) mass is 305 g/mol. The Labute approximate surface area is 130 Å². The summed E-state index contributed by atoms with van der Waals surface area (Å²) in [6.07, 6.45) is 0.330. The molecule has 22 heavy (non-hydrogen) atoms. The molecule has 1 N–H and O–H groups in total. The molecule has 0 bridgehead atoms. The smallest absolute Gasteiger partial charge is 0.308 e. The Hall–Kier alpha value is -2.17. The minimum absolute atomic E-state index is 0.0856. The summed E-state index contributed by atoms with van der Waals surface area (Å²) in [5.41, 5.74) is 1.06. The van der Waals surface area contributed by atoms with Gasteiger partial charge in [0.1, 0.15) is 0 Å². The molecule has 0 aliphatic carbocycles. The number of carbonyl (C=O) groups excluding carboxylic acids is 2. The predicted octanol–water partition coefficient (Wildman–Crippen LogP) is 2.99. The van der Waals surface area contributed by atoms with Gasteiger partial charge in [-0.15, -0.1) is 0 Å². The van der Waals surface area contributed by atoms with Crippen LogP contribution < -0.4 is 4.90 Å². The number of carbonyl (C=O) groups is 3. The van der Waals surface area contributed by atoms with Gasteiger partial charge in [0.2, 0.25) is 5.91 Å². The number of carboxylic acids is 1. The van der Waals surface area contributed by atoms with E-state index in [2.05, 4.69) is 0 Å². The highest BCUT2D eigenvalue weighted by Gasteiger charge is 2.23. The van der Waals surface area contributed by atoms with Gasteiger partial charge in [0.05, 0.1) is 5.92 Å². The number of Topliss-reactive ketones (excluding diaryl/α,β-unsaturated/α-hetero) is 1. The third kappa shape index (κ3) is 4.98. The molecule has 0 aromatic heterocycles. The van der Waals surface area contributed by atoms with E-state index >= 15 is 0 Å². The summed E-state index contributed by atoms with van der Waals surface area (Å²) in [6, 6.07) is 6.74. The average molecular weight is 305 g/mol. The standard InChI is InChI=1S/C17H23NO4/c1-11(2)8-16(20)18(10-12(3)17(21)22)15-7-5-6-14(9-15)13(4)19/h5-7,9,11-12H,8,10H2,1-4H3,(H,21,22). The lowest BCUT2D eigenvalue weighted by molar-refractivity contribution is -0.140. The number of amides is 1. The molecule has 0 saturated carbocycles. The van der Waals surface area contributed by atoms with Crippen LogP contribution in [0, 0.1) is 11.8 Å². The number of anilines is 1. The van der Waals surface area contributed by atoms with E-state index in [9.17, 15) is 14.4 Å². The number of ketones is 1. The van der Waals surface area contributed by atoms with E-state index in [4.69, 9.17) is 5.11 Å². The Bertz CT molecular complexity index is 566. The SMILES string of the molecule is CC(=O)c1cccc(N(CC(C)C(=O)O)C(=O)CC(C)C)c1. The highest BCUT2D eigenvalue weighted by molar-refractivity contribution is 5.98. The lowest BCUT2D eigenvalue weighted by Gasteiger charge is -2.26. The van der Waals surface area contributed by atoms with Crippen LogP contribution in [0.1, 0.15) is 44.5 Å². The normalized spacial score (nSPS) is 12.0. The molecule has 1 rings (SSSR count). The van der Waals surface area contributed by atoms with Crippen LogP contribution >= 0.6 is 0 Å². The molecule has 0 aliphatic rings. The molecule has 0 radical (unpaired) electrons. The second kappa shape index (κ2) is 7.73. The Balaban J connectivity index is 3.13. The number of hydrogen-bond acceptors (Lipinski definition) is 3. The van der Waals surface area contributed by atoms with E-state index in [1.165, 1.54) is 11.8 Å². The first-order chi connectivity index (χ1) is 10.2. The van der Waals surface area contributed by atoms with Gasteiger partial charge in [-0.3, -0.25) is 14.4 Å². The van der Waals surface area contributed by atoms with Crippen molar-refractivity contribution in [1.82, 2.24) is 0 Å². The summed E-state index contributed by atoms with van der Waals surface area (Å²) >= 11 is 0. The summed E-state index contributed by atoms with van der Waals surface area (Å²) in [4.78, 5) is 36.5. The quantitative estimate of drug-likeness (QED) is 0.786. The van der Waals surface area contributed by atoms with Gasteiger partial charge in [-0.25, -0.2) is 0 Å². The van der Waals surface area contributed by atoms with Crippen molar-refractivity contribution in [1.29, 1.82) is 0 Å². The summed E-state index contributed by atoms with van der Waals surface area (Å²) in [6.45, 7) is 6.97. The first kappa shape index (κ1) is 17.9. The second-order valence-corrected chi connectivity index (χ2v) is 5.95. The van der Waals surface area contributed by atoms with E-state index in [0.717, 1.165) is 0 Å². The van der Waals surface area contributed by atoms with Gasteiger partial charge in [-0.1, -0.05) is 32.9 Å². The molecule has 5 heteroatoms. The molecular weight excluding hydrogens is 282 g/mol. The zero-order valence-electron chi connectivity index (χ0n) is 13.5. The van der Waals surface area contributed by atoms with E-state index < -0.39 is 11.9 Å². The maximum atomic E-state index is 12.4. The van der Waals surface area contributed by atoms with E-state index in [1.807, 2.05) is 13.8 Å². The van der Waals surface area contributed by atoms with Crippen LogP contribution in [0.4, 0.5) is 5.69 Å². The number of benzene rings is 1. The Morgan fingerprint density at radius 2 is 1.82 bits per heavy atom. The van der Waals surface area contributed by atoms with Crippen molar-refractivity contribution in [3.63, 3.8) is 0 Å². The van der Waals surface area contributed by atoms with Crippen molar-refractivity contribution >= 4 is 23.3 Å². The number of nitrogens with zero attached hydrogens (tertiary/aromatic N) is 1. The van der Waals surface area contributed by atoms with E-state index in [-0.39, 0.29) is 24.2 Å². The van der Waals surface area contributed by atoms with Gasteiger partial charge in [0.25, 0.3) is 0 Å². The van der Waals surface area contributed by atoms with Crippen LogP contribution in [0.3, 0.4) is 0 Å². The largest absolute Gasteiger partial charge is 0.481 e. The maximum Gasteiger partial charge on any atom is 0.308 e. The minimum Gasteiger partial charge on any atom is -0.481 e. The Morgan fingerprint density at radius 3 is 2.32 bits per heavy atom. The lowest BCUT2D eigenvalue weighted by atomic mass is 10.1. The Kier molecular flexibility index (Phi) is 6.28. The molecule has 5 nitrogen and oxygen atoms in total. The van der Waals surface area contributed by atoms with Crippen molar-refractivity contribution in [2.24, 2.45) is 11.8 Å². The number of aliphatic carboxylic acids is 1. The molecule has 1 atom stereocenters. The first-order valence-corrected chi connectivity index (χ1v) is 7.36. The highest BCUT2D eigenvalue weighted by Crippen LogP contribution is 2.20. The molecule has 0 saturated heterocycles. The van der Waals surface area contributed by atoms with Crippen molar-refractivity contribution < 1.29 is 19.5 Å². The molecule has 1 aromatic rings. The van der Waals surface area contributed by atoms with Crippen LogP contribution in [0.2, 0.25) is 0 Å². The zero-order chi connectivity index (χ0) is 16.9. The summed E-state index contributed by atoms with van der Waals surface area (Å²) in [5, 5.41) is 9.09. The van der Waals surface area contributed by atoms with Crippen molar-refractivity contribution in [3.8, 4) is 0 Å². The average Bonchev–Trinajstić information content (AvgIpc) is 2.43. The topological polar surface area (TPSA) is 74.7 Å². The van der Waals surface area contributed by atoms with Crippen molar-refractivity contribution in [2.75, 3.05) is 11.4 Å². The molecule has 1 amide bonds. The van der Waals surface area contributed by atoms with Gasteiger partial charge in [0, 0.05) is 24.2 Å². The van der Waals surface area contributed by atoms with Gasteiger partial charge < -0.3 is 10.0 Å². The van der Waals surface area contributed by atoms with Gasteiger partial charge in [-0.05, 0) is 25.0 Å². The minimum atomic E-state index is -0.954. The van der Waals surface area contributed by atoms with Crippen LogP contribution in [0.5, 0.6) is 0 Å². The third-order valence-corrected chi connectivity index (χ3v) is 3.33. The van der Waals surface area contributed by atoms with Crippen molar-refractivity contribution in [3.05, 3.63) is 29.8 Å². The molecule has 0 spiro atoms. The van der Waals surface area contributed by atoms with E-state index in [0.29, 0.717) is 17.7 Å². The lowest BCUT2D eigenvalue weighted by Crippen LogP contribution is -2.37. The number of hydrogen-bond donors (Lipinski definition) is 1. The molecule has 0 fully saturated rings. The summed E-state index contributed by atoms with van der Waals surface area (Å²) in [5.74, 6) is -1.69. The van der Waals surface area contributed by atoms with Gasteiger partial charge in [0.15, 0.2) is 5.78 Å². The van der Waals surface area contributed by atoms with Crippen molar-refractivity contribution in [2.45, 2.75) is 34.1 Å². The van der Waals surface area contributed by atoms with Crippen LogP contribution in [-0.2, 0) is 9.59 Å². The molecule has 120 valence electrons. The fourth-order valence-corrected chi connectivity index (χ4v) is 2.06. The summed E-state index contributed by atoms with van der Waals surface area (Å²) < 4.78 is 0. The summed E-state index contributed by atoms with van der Waals surface area (Å²) in [7, 11) is 0. The van der Waals surface area contributed by atoms with E-state index in [1.54, 1.807) is 31.2 Å². The fourth-order valence-electron chi connectivity index (χ4n) is 2.06. The third-order valence-electron chi connectivity index (χ3n) is 3.33.